The van der Waals surface area contributed by atoms with E-state index in [2.05, 4.69) is 0 Å². The third-order valence-corrected chi connectivity index (χ3v) is 1.86. The van der Waals surface area contributed by atoms with Crippen LogP contribution in [0, 0.1) is 11.3 Å². The van der Waals surface area contributed by atoms with Crippen LogP contribution in [0.1, 0.15) is 25.5 Å². The number of ether oxygens (including phenoxy) is 1. The smallest absolute Gasteiger partial charge is 0.181 e. The van der Waals surface area contributed by atoms with Crippen molar-refractivity contribution in [3.8, 4) is 11.8 Å². The van der Waals surface area contributed by atoms with Crippen LogP contribution >= 0.6 is 0 Å². The summed E-state index contributed by atoms with van der Waals surface area (Å²) in [5, 5.41) is 17.8. The molecule has 0 fully saturated rings. The summed E-state index contributed by atoms with van der Waals surface area (Å²) in [4.78, 5) is 0. The number of rotatable bonds is 3. The Balaban J connectivity index is 2.70. The van der Waals surface area contributed by atoms with E-state index in [1.54, 1.807) is 38.1 Å². The molecular weight excluding hydrogens is 178 g/mol. The maximum Gasteiger partial charge on any atom is 0.181 e. The van der Waals surface area contributed by atoms with Gasteiger partial charge in [-0.05, 0) is 31.5 Å². The molecule has 0 bridgehead atoms. The van der Waals surface area contributed by atoms with Gasteiger partial charge in [0.15, 0.2) is 6.10 Å². The van der Waals surface area contributed by atoms with Crippen molar-refractivity contribution < 1.29 is 9.84 Å². The van der Waals surface area contributed by atoms with Crippen LogP contribution in [0.15, 0.2) is 24.3 Å². The molecule has 3 heteroatoms. The maximum atomic E-state index is 9.25. The fraction of sp³-hybridized carbons (Fsp3) is 0.364. The van der Waals surface area contributed by atoms with Crippen LogP contribution in [0.25, 0.3) is 0 Å². The van der Waals surface area contributed by atoms with Gasteiger partial charge in [0.2, 0.25) is 0 Å². The first-order valence-corrected chi connectivity index (χ1v) is 4.48. The van der Waals surface area contributed by atoms with Crippen LogP contribution in [0.3, 0.4) is 0 Å². The van der Waals surface area contributed by atoms with Crippen molar-refractivity contribution in [3.63, 3.8) is 0 Å². The normalized spacial score (nSPS) is 14.1. The van der Waals surface area contributed by atoms with E-state index in [9.17, 15) is 5.11 Å². The molecule has 0 amide bonds. The summed E-state index contributed by atoms with van der Waals surface area (Å²) in [5.41, 5.74) is 0.835. The number of nitriles is 1. The van der Waals surface area contributed by atoms with E-state index in [1.165, 1.54) is 0 Å². The monoisotopic (exact) mass is 191 g/mol. The lowest BCUT2D eigenvalue weighted by Gasteiger charge is -2.09. The Kier molecular flexibility index (Phi) is 3.49. The van der Waals surface area contributed by atoms with Gasteiger partial charge >= 0.3 is 0 Å². The molecule has 14 heavy (non-hydrogen) atoms. The minimum absolute atomic E-state index is 0.451. The molecule has 0 heterocycles. The number of aliphatic hydroxyl groups is 1. The lowest BCUT2D eigenvalue weighted by Crippen LogP contribution is -2.07. The topological polar surface area (TPSA) is 53.2 Å². The lowest BCUT2D eigenvalue weighted by atomic mass is 10.1. The highest BCUT2D eigenvalue weighted by Crippen LogP contribution is 2.17. The Bertz CT molecular complexity index is 324. The van der Waals surface area contributed by atoms with Gasteiger partial charge in [-0.3, -0.25) is 0 Å². The van der Waals surface area contributed by atoms with Crippen molar-refractivity contribution in [2.75, 3.05) is 0 Å². The minimum Gasteiger partial charge on any atom is -0.476 e. The number of aliphatic hydroxyl groups excluding tert-OH is 1. The van der Waals surface area contributed by atoms with E-state index in [0.717, 1.165) is 5.56 Å². The summed E-state index contributed by atoms with van der Waals surface area (Å²) < 4.78 is 5.26. The maximum absolute atomic E-state index is 9.25. The zero-order chi connectivity index (χ0) is 10.6. The van der Waals surface area contributed by atoms with Gasteiger partial charge in [0, 0.05) is 0 Å². The van der Waals surface area contributed by atoms with E-state index >= 15 is 0 Å². The van der Waals surface area contributed by atoms with Crippen LogP contribution in [0.2, 0.25) is 0 Å². The molecule has 0 aromatic heterocycles. The minimum atomic E-state index is -0.475. The second-order valence-corrected chi connectivity index (χ2v) is 3.13. The Morgan fingerprint density at radius 1 is 1.29 bits per heavy atom. The van der Waals surface area contributed by atoms with E-state index in [0.29, 0.717) is 5.75 Å². The quantitative estimate of drug-likeness (QED) is 0.795. The van der Waals surface area contributed by atoms with Gasteiger partial charge in [0.25, 0.3) is 0 Å². The average Bonchev–Trinajstić information content (AvgIpc) is 2.18. The van der Waals surface area contributed by atoms with Crippen LogP contribution in [-0.4, -0.2) is 11.2 Å². The highest BCUT2D eigenvalue weighted by atomic mass is 16.5. The molecule has 0 aliphatic carbocycles. The number of benzene rings is 1. The van der Waals surface area contributed by atoms with Gasteiger partial charge in [-0.1, -0.05) is 12.1 Å². The zero-order valence-electron chi connectivity index (χ0n) is 8.27. The van der Waals surface area contributed by atoms with Crippen molar-refractivity contribution in [2.45, 2.75) is 26.1 Å². The predicted octanol–water partition coefficient (Wildman–Crippen LogP) is 2.03. The molecule has 0 radical (unpaired) electrons. The Morgan fingerprint density at radius 2 is 1.86 bits per heavy atom. The van der Waals surface area contributed by atoms with Crippen LogP contribution in [0.5, 0.6) is 5.75 Å². The number of hydrogen-bond acceptors (Lipinski definition) is 3. The van der Waals surface area contributed by atoms with Crippen LogP contribution in [0.4, 0.5) is 0 Å². The van der Waals surface area contributed by atoms with Gasteiger partial charge < -0.3 is 9.84 Å². The first-order valence-electron chi connectivity index (χ1n) is 4.48. The Morgan fingerprint density at radius 3 is 2.29 bits per heavy atom. The molecule has 0 spiro atoms. The highest BCUT2D eigenvalue weighted by Gasteiger charge is 2.03. The fourth-order valence-corrected chi connectivity index (χ4v) is 1.06. The summed E-state index contributed by atoms with van der Waals surface area (Å²) in [5.74, 6) is 0.642. The van der Waals surface area contributed by atoms with Gasteiger partial charge in [-0.25, -0.2) is 0 Å². The molecular formula is C11H13NO2. The second-order valence-electron chi connectivity index (χ2n) is 3.13. The van der Waals surface area contributed by atoms with Crippen LogP contribution < -0.4 is 4.74 Å². The largest absolute Gasteiger partial charge is 0.476 e. The standard InChI is InChI=1S/C11H13NO2/c1-8(7-12)14-11-5-3-10(4-6-11)9(2)13/h3-6,8-9,13H,1-2H3/t8?,9-/m0/s1. The summed E-state index contributed by atoms with van der Waals surface area (Å²) >= 11 is 0. The van der Waals surface area contributed by atoms with Gasteiger partial charge in [0.05, 0.1) is 6.10 Å². The van der Waals surface area contributed by atoms with Gasteiger partial charge in [-0.15, -0.1) is 0 Å². The summed E-state index contributed by atoms with van der Waals surface area (Å²) in [6.07, 6.45) is -0.926. The van der Waals surface area contributed by atoms with E-state index < -0.39 is 12.2 Å². The SMILES string of the molecule is CC(C#N)Oc1ccc([C@H](C)O)cc1. The van der Waals surface area contributed by atoms with E-state index in [4.69, 9.17) is 10.00 Å². The lowest BCUT2D eigenvalue weighted by molar-refractivity contribution is 0.199. The van der Waals surface area contributed by atoms with Crippen molar-refractivity contribution in [1.82, 2.24) is 0 Å². The van der Waals surface area contributed by atoms with E-state index in [-0.39, 0.29) is 0 Å². The first kappa shape index (κ1) is 10.6. The molecule has 1 aromatic carbocycles. The second kappa shape index (κ2) is 4.64. The molecule has 1 aromatic rings. The van der Waals surface area contributed by atoms with Crippen molar-refractivity contribution in [1.29, 1.82) is 5.26 Å². The molecule has 74 valence electrons. The molecule has 0 aliphatic heterocycles. The summed E-state index contributed by atoms with van der Waals surface area (Å²) in [6.45, 7) is 3.39. The number of hydrogen-bond donors (Lipinski definition) is 1. The molecule has 3 nitrogen and oxygen atoms in total. The van der Waals surface area contributed by atoms with Gasteiger partial charge in [0.1, 0.15) is 11.8 Å². The molecule has 2 atom stereocenters. The third kappa shape index (κ3) is 2.75. The average molecular weight is 191 g/mol. The van der Waals surface area contributed by atoms with Crippen molar-refractivity contribution in [2.24, 2.45) is 0 Å². The predicted molar refractivity (Wildman–Crippen MR) is 52.8 cm³/mol. The highest BCUT2D eigenvalue weighted by molar-refractivity contribution is 5.28. The van der Waals surface area contributed by atoms with Crippen LogP contribution in [-0.2, 0) is 0 Å². The van der Waals surface area contributed by atoms with Crippen molar-refractivity contribution in [3.05, 3.63) is 29.8 Å². The van der Waals surface area contributed by atoms with Gasteiger partial charge in [-0.2, -0.15) is 5.26 Å². The van der Waals surface area contributed by atoms with Crippen molar-refractivity contribution >= 4 is 0 Å². The Hall–Kier alpha value is -1.53. The summed E-state index contributed by atoms with van der Waals surface area (Å²) in [6, 6.07) is 9.03. The molecule has 0 saturated heterocycles. The summed E-state index contributed by atoms with van der Waals surface area (Å²) in [7, 11) is 0. The molecule has 0 saturated carbocycles. The van der Waals surface area contributed by atoms with E-state index in [1.807, 2.05) is 6.07 Å². The fourth-order valence-electron chi connectivity index (χ4n) is 1.06. The molecule has 1 N–H and O–H groups in total. The first-order chi connectivity index (χ1) is 6.63. The molecule has 1 rings (SSSR count). The molecule has 0 aliphatic rings. The zero-order valence-corrected chi connectivity index (χ0v) is 8.27. The molecule has 1 unspecified atom stereocenters. The number of nitrogens with zero attached hydrogens (tertiary/aromatic N) is 1. The third-order valence-electron chi connectivity index (χ3n) is 1.86. The Labute approximate surface area is 83.6 Å².